The molecule has 1 unspecified atom stereocenters. The molecule has 1 atom stereocenters. The molecule has 1 amide bonds. The molecule has 0 aliphatic heterocycles. The fourth-order valence-corrected chi connectivity index (χ4v) is 1.84. The van der Waals surface area contributed by atoms with Gasteiger partial charge in [-0.05, 0) is 37.3 Å². The first-order chi connectivity index (χ1) is 9.95. The minimum Gasteiger partial charge on any atom is -0.481 e. The molecule has 0 aliphatic carbocycles. The van der Waals surface area contributed by atoms with E-state index in [4.69, 9.17) is 22.1 Å². The van der Waals surface area contributed by atoms with Crippen molar-refractivity contribution >= 4 is 28.9 Å². The van der Waals surface area contributed by atoms with Crippen molar-refractivity contribution in [3.63, 3.8) is 0 Å². The Hall–Kier alpha value is -2.27. The molecule has 0 saturated heterocycles. The number of nitrogens with two attached hydrogens (primary N) is 1. The molecule has 3 N–H and O–H groups in total. The number of nitrogens with one attached hydrogen (secondary N) is 1. The zero-order chi connectivity index (χ0) is 15.4. The van der Waals surface area contributed by atoms with Gasteiger partial charge in [0.25, 0.3) is 5.91 Å². The van der Waals surface area contributed by atoms with Crippen LogP contribution in [0.1, 0.15) is 6.92 Å². The van der Waals surface area contributed by atoms with Gasteiger partial charge in [0, 0.05) is 17.4 Å². The first kappa shape index (κ1) is 15.1. The van der Waals surface area contributed by atoms with Crippen molar-refractivity contribution in [3.05, 3.63) is 53.3 Å². The highest BCUT2D eigenvalue weighted by Gasteiger charge is 2.15. The number of hydrogen-bond acceptors (Lipinski definition) is 3. The third-order valence-electron chi connectivity index (χ3n) is 2.73. The number of anilines is 2. The first-order valence-corrected chi connectivity index (χ1v) is 6.61. The van der Waals surface area contributed by atoms with Crippen LogP contribution in [0.5, 0.6) is 5.75 Å². The van der Waals surface area contributed by atoms with Crippen molar-refractivity contribution in [2.75, 3.05) is 11.1 Å². The average molecular weight is 309 g/mol. The van der Waals surface area contributed by atoms with Crippen molar-refractivity contribution in [1.29, 1.82) is 0 Å². The number of hydrogen-bond donors (Lipinski definition) is 2. The predicted octanol–water partition coefficient (Wildman–Crippen LogP) is 3.47. The fraction of sp³-hybridized carbons (Fsp3) is 0.133. The predicted molar refractivity (Wildman–Crippen MR) is 81.0 cm³/mol. The van der Waals surface area contributed by atoms with Crippen LogP contribution < -0.4 is 15.8 Å². The SMILES string of the molecule is CC(Oc1ccc(F)c(Cl)c1)C(=O)Nc1cccc(N)c1. The maximum atomic E-state index is 13.0. The lowest BCUT2D eigenvalue weighted by atomic mass is 10.2. The number of carbonyl (C=O) groups excluding carboxylic acids is 1. The number of amides is 1. The molecule has 0 heterocycles. The molecule has 0 radical (unpaired) electrons. The largest absolute Gasteiger partial charge is 0.481 e. The number of halogens is 2. The molecule has 2 aromatic rings. The Morgan fingerprint density at radius 1 is 1.33 bits per heavy atom. The Kier molecular flexibility index (Phi) is 4.65. The van der Waals surface area contributed by atoms with Gasteiger partial charge in [-0.15, -0.1) is 0 Å². The van der Waals surface area contributed by atoms with E-state index in [1.54, 1.807) is 31.2 Å². The number of ether oxygens (including phenoxy) is 1. The Bertz CT molecular complexity index is 664. The van der Waals surface area contributed by atoms with Gasteiger partial charge in [0.15, 0.2) is 6.10 Å². The van der Waals surface area contributed by atoms with Gasteiger partial charge in [0.2, 0.25) is 0 Å². The lowest BCUT2D eigenvalue weighted by molar-refractivity contribution is -0.122. The van der Waals surface area contributed by atoms with Crippen LogP contribution in [-0.2, 0) is 4.79 Å². The highest BCUT2D eigenvalue weighted by atomic mass is 35.5. The van der Waals surface area contributed by atoms with Crippen molar-refractivity contribution in [1.82, 2.24) is 0 Å². The second kappa shape index (κ2) is 6.45. The monoisotopic (exact) mass is 308 g/mol. The summed E-state index contributed by atoms with van der Waals surface area (Å²) in [5.41, 5.74) is 6.76. The molecular weight excluding hydrogens is 295 g/mol. The van der Waals surface area contributed by atoms with E-state index in [1.165, 1.54) is 18.2 Å². The zero-order valence-electron chi connectivity index (χ0n) is 11.3. The minimum absolute atomic E-state index is 0.0593. The highest BCUT2D eigenvalue weighted by Crippen LogP contribution is 2.22. The van der Waals surface area contributed by atoms with Gasteiger partial charge in [-0.3, -0.25) is 4.79 Å². The van der Waals surface area contributed by atoms with Crippen LogP contribution >= 0.6 is 11.6 Å². The normalized spacial score (nSPS) is 11.8. The van der Waals surface area contributed by atoms with Crippen LogP contribution in [-0.4, -0.2) is 12.0 Å². The summed E-state index contributed by atoms with van der Waals surface area (Å²) in [5.74, 6) is -0.571. The second-order valence-corrected chi connectivity index (χ2v) is 4.86. The van der Waals surface area contributed by atoms with Crippen LogP contribution in [0.3, 0.4) is 0 Å². The van der Waals surface area contributed by atoms with E-state index in [9.17, 15) is 9.18 Å². The van der Waals surface area contributed by atoms with Gasteiger partial charge in [0.05, 0.1) is 5.02 Å². The second-order valence-electron chi connectivity index (χ2n) is 4.45. The van der Waals surface area contributed by atoms with Crippen molar-refractivity contribution in [2.45, 2.75) is 13.0 Å². The molecule has 6 heteroatoms. The number of rotatable bonds is 4. The summed E-state index contributed by atoms with van der Waals surface area (Å²) < 4.78 is 18.5. The van der Waals surface area contributed by atoms with Crippen molar-refractivity contribution in [3.8, 4) is 5.75 Å². The summed E-state index contributed by atoms with van der Waals surface area (Å²) in [6.45, 7) is 1.58. The number of carbonyl (C=O) groups is 1. The van der Waals surface area contributed by atoms with Gasteiger partial charge in [0.1, 0.15) is 11.6 Å². The Balaban J connectivity index is 2.00. The molecule has 0 aliphatic rings. The highest BCUT2D eigenvalue weighted by molar-refractivity contribution is 6.30. The Morgan fingerprint density at radius 2 is 2.10 bits per heavy atom. The number of nitrogen functional groups attached to an aromatic ring is 1. The third-order valence-corrected chi connectivity index (χ3v) is 3.02. The molecule has 0 spiro atoms. The van der Waals surface area contributed by atoms with E-state index in [0.29, 0.717) is 17.1 Å². The maximum absolute atomic E-state index is 13.0. The molecule has 2 aromatic carbocycles. The molecule has 110 valence electrons. The minimum atomic E-state index is -0.770. The Morgan fingerprint density at radius 3 is 2.76 bits per heavy atom. The molecular formula is C15H14ClFN2O2. The van der Waals surface area contributed by atoms with Gasteiger partial charge in [-0.1, -0.05) is 17.7 Å². The van der Waals surface area contributed by atoms with E-state index >= 15 is 0 Å². The topological polar surface area (TPSA) is 64.3 Å². The number of benzene rings is 2. The summed E-state index contributed by atoms with van der Waals surface area (Å²) in [7, 11) is 0. The smallest absolute Gasteiger partial charge is 0.265 e. The van der Waals surface area contributed by atoms with Crippen LogP contribution in [0.25, 0.3) is 0 Å². The van der Waals surface area contributed by atoms with E-state index < -0.39 is 11.9 Å². The lowest BCUT2D eigenvalue weighted by Crippen LogP contribution is -2.30. The summed E-state index contributed by atoms with van der Waals surface area (Å²) in [4.78, 5) is 12.0. The summed E-state index contributed by atoms with van der Waals surface area (Å²) in [6, 6.07) is 10.7. The van der Waals surface area contributed by atoms with E-state index in [1.807, 2.05) is 0 Å². The van der Waals surface area contributed by atoms with Crippen LogP contribution in [0.4, 0.5) is 15.8 Å². The molecule has 0 fully saturated rings. The van der Waals surface area contributed by atoms with Gasteiger partial charge >= 0.3 is 0 Å². The van der Waals surface area contributed by atoms with Crippen molar-refractivity contribution in [2.24, 2.45) is 0 Å². The zero-order valence-corrected chi connectivity index (χ0v) is 12.0. The fourth-order valence-electron chi connectivity index (χ4n) is 1.67. The third kappa shape index (κ3) is 4.10. The van der Waals surface area contributed by atoms with Gasteiger partial charge in [-0.25, -0.2) is 4.39 Å². The van der Waals surface area contributed by atoms with Crippen molar-refractivity contribution < 1.29 is 13.9 Å². The summed E-state index contributed by atoms with van der Waals surface area (Å²) >= 11 is 5.65. The molecule has 0 saturated carbocycles. The molecule has 21 heavy (non-hydrogen) atoms. The van der Waals surface area contributed by atoms with Crippen LogP contribution in [0.15, 0.2) is 42.5 Å². The summed E-state index contributed by atoms with van der Waals surface area (Å²) in [6.07, 6.45) is -0.770. The Labute approximate surface area is 126 Å². The molecule has 0 aromatic heterocycles. The van der Waals surface area contributed by atoms with Crippen LogP contribution in [0, 0.1) is 5.82 Å². The van der Waals surface area contributed by atoms with E-state index in [2.05, 4.69) is 5.32 Å². The van der Waals surface area contributed by atoms with E-state index in [-0.39, 0.29) is 10.9 Å². The van der Waals surface area contributed by atoms with Crippen LogP contribution in [0.2, 0.25) is 5.02 Å². The van der Waals surface area contributed by atoms with E-state index in [0.717, 1.165) is 0 Å². The standard InChI is InChI=1S/C15H14ClFN2O2/c1-9(21-12-5-6-14(17)13(16)8-12)15(20)19-11-4-2-3-10(18)7-11/h2-9H,18H2,1H3,(H,19,20). The maximum Gasteiger partial charge on any atom is 0.265 e. The summed E-state index contributed by atoms with van der Waals surface area (Å²) in [5, 5.41) is 2.62. The van der Waals surface area contributed by atoms with Gasteiger partial charge in [-0.2, -0.15) is 0 Å². The first-order valence-electron chi connectivity index (χ1n) is 6.24. The molecule has 4 nitrogen and oxygen atoms in total. The lowest BCUT2D eigenvalue weighted by Gasteiger charge is -2.15. The molecule has 0 bridgehead atoms. The van der Waals surface area contributed by atoms with Gasteiger partial charge < -0.3 is 15.8 Å². The quantitative estimate of drug-likeness (QED) is 0.850. The molecule has 2 rings (SSSR count). The average Bonchev–Trinajstić information content (AvgIpc) is 2.43.